The Morgan fingerprint density at radius 1 is 0.594 bits per heavy atom. The Morgan fingerprint density at radius 2 is 0.969 bits per heavy atom. The van der Waals surface area contributed by atoms with Crippen LogP contribution in [0.2, 0.25) is 0 Å². The van der Waals surface area contributed by atoms with E-state index < -0.39 is 0 Å². The Morgan fingerprint density at radius 3 is 1.34 bits per heavy atom. The molecule has 8 aliphatic rings. The van der Waals surface area contributed by atoms with Crippen LogP contribution in [0.15, 0.2) is 4.99 Å². The third kappa shape index (κ3) is 4.48. The Balaban J connectivity index is 0.000000235. The van der Waals surface area contributed by atoms with Crippen LogP contribution >= 0.6 is 0 Å². The van der Waals surface area contributed by atoms with Crippen molar-refractivity contribution < 1.29 is 0 Å². The molecule has 11 N–H and O–H groups in total. The molecule has 0 spiro atoms. The average Bonchev–Trinajstić information content (AvgIpc) is 2.71. The van der Waals surface area contributed by atoms with Crippen LogP contribution in [0.4, 0.5) is 0 Å². The molecule has 0 heterocycles. The van der Waals surface area contributed by atoms with Crippen molar-refractivity contribution in [3.8, 4) is 0 Å². The molecule has 0 saturated heterocycles. The fourth-order valence-corrected chi connectivity index (χ4v) is 8.77. The molecular formula is C23H41N9. The molecule has 0 aromatic rings. The fraction of sp³-hybridized carbons (Fsp3) is 0.870. The van der Waals surface area contributed by atoms with Crippen LogP contribution in [0.5, 0.6) is 0 Å². The van der Waals surface area contributed by atoms with Crippen LogP contribution in [0.3, 0.4) is 0 Å². The Labute approximate surface area is 191 Å². The number of hydrogen-bond donors (Lipinski definition) is 8. The zero-order chi connectivity index (χ0) is 22.4. The second-order valence-corrected chi connectivity index (χ2v) is 11.6. The van der Waals surface area contributed by atoms with Crippen molar-refractivity contribution in [1.29, 1.82) is 10.8 Å². The van der Waals surface area contributed by atoms with E-state index in [2.05, 4.69) is 16.2 Å². The topological polar surface area (TPSA) is 174 Å². The van der Waals surface area contributed by atoms with Crippen LogP contribution in [-0.2, 0) is 0 Å². The predicted octanol–water partition coefficient (Wildman–Crippen LogP) is 1.41. The maximum atomic E-state index is 6.54. The number of guanidine groups is 3. The van der Waals surface area contributed by atoms with Gasteiger partial charge in [-0.1, -0.05) is 0 Å². The number of aliphatic imine (C=N–C) groups is 1. The lowest BCUT2D eigenvalue weighted by atomic mass is 9.54. The minimum Gasteiger partial charge on any atom is -0.370 e. The summed E-state index contributed by atoms with van der Waals surface area (Å²) in [6.45, 7) is 0. The SMILES string of the molecule is N=C(N)NNC(=N)N.NC(=NC1C2CC3CC(C2)CC1C3)NC1C2CC3CC(C2)CC1C3. The van der Waals surface area contributed by atoms with E-state index in [1.165, 1.54) is 64.2 Å². The minimum atomic E-state index is -0.278. The van der Waals surface area contributed by atoms with Gasteiger partial charge in [-0.2, -0.15) is 0 Å². The Kier molecular flexibility index (Phi) is 5.84. The monoisotopic (exact) mass is 443 g/mol. The highest BCUT2D eigenvalue weighted by Crippen LogP contribution is 2.55. The van der Waals surface area contributed by atoms with Crippen molar-refractivity contribution in [2.75, 3.05) is 0 Å². The predicted molar refractivity (Wildman–Crippen MR) is 127 cm³/mol. The standard InChI is InChI=1S/C21H33N3.C2H8N6/c22-21(23-19-15-3-11-1-12(5-15)6-16(19)4-11)24-20-17-7-13-2-14(9-17)10-18(20)8-13;3-1(4)7-8-2(5)6/h11-20H,1-10H2,(H3,22,23,24);(H4,3,4,7)(H4,5,6,8). The normalized spacial score (nSPS) is 45.1. The van der Waals surface area contributed by atoms with E-state index in [1.807, 2.05) is 0 Å². The van der Waals surface area contributed by atoms with Crippen molar-refractivity contribution >= 4 is 17.9 Å². The highest BCUT2D eigenvalue weighted by Gasteiger charge is 2.50. The summed E-state index contributed by atoms with van der Waals surface area (Å²) in [5.41, 5.74) is 20.3. The highest BCUT2D eigenvalue weighted by molar-refractivity contribution is 5.80. The molecule has 9 nitrogen and oxygen atoms in total. The number of hydrogen-bond acceptors (Lipinski definition) is 3. The molecule has 8 bridgehead atoms. The zero-order valence-corrected chi connectivity index (χ0v) is 19.0. The summed E-state index contributed by atoms with van der Waals surface area (Å²) in [4.78, 5) is 5.11. The van der Waals surface area contributed by atoms with Crippen molar-refractivity contribution in [3.05, 3.63) is 0 Å². The Bertz CT molecular complexity index is 693. The molecule has 0 radical (unpaired) electrons. The van der Waals surface area contributed by atoms with Gasteiger partial charge in [0.05, 0.1) is 6.04 Å². The van der Waals surface area contributed by atoms with Crippen LogP contribution in [-0.4, -0.2) is 30.0 Å². The lowest BCUT2D eigenvalue weighted by Crippen LogP contribution is -2.57. The first-order chi connectivity index (χ1) is 15.3. The first-order valence-electron chi connectivity index (χ1n) is 12.6. The van der Waals surface area contributed by atoms with Crippen molar-refractivity contribution in [1.82, 2.24) is 16.2 Å². The quantitative estimate of drug-likeness (QED) is 0.182. The van der Waals surface area contributed by atoms with Gasteiger partial charge in [-0.05, 0) is 112 Å². The molecule has 178 valence electrons. The highest BCUT2D eigenvalue weighted by atomic mass is 15.4. The number of rotatable bonds is 2. The molecule has 8 aliphatic carbocycles. The third-order valence-electron chi connectivity index (χ3n) is 9.34. The van der Waals surface area contributed by atoms with Gasteiger partial charge < -0.3 is 22.5 Å². The van der Waals surface area contributed by atoms with E-state index in [4.69, 9.17) is 33.0 Å². The molecule has 9 heteroatoms. The lowest BCUT2D eigenvalue weighted by Gasteiger charge is -2.55. The number of hydrazine groups is 1. The molecule has 8 rings (SSSR count). The first-order valence-corrected chi connectivity index (χ1v) is 12.6. The Hall–Kier alpha value is -2.19. The zero-order valence-electron chi connectivity index (χ0n) is 19.0. The summed E-state index contributed by atoms with van der Waals surface area (Å²) >= 11 is 0. The summed E-state index contributed by atoms with van der Waals surface area (Å²) in [5.74, 6) is 7.82. The summed E-state index contributed by atoms with van der Waals surface area (Å²) in [7, 11) is 0. The fourth-order valence-electron chi connectivity index (χ4n) is 8.77. The van der Waals surface area contributed by atoms with Crippen molar-refractivity contribution in [2.45, 2.75) is 76.3 Å². The number of nitrogens with two attached hydrogens (primary N) is 3. The molecule has 0 amide bonds. The summed E-state index contributed by atoms with van der Waals surface area (Å²) in [5, 5.41) is 16.8. The second-order valence-electron chi connectivity index (χ2n) is 11.6. The largest absolute Gasteiger partial charge is 0.370 e. The van der Waals surface area contributed by atoms with Crippen LogP contribution < -0.4 is 33.4 Å². The van der Waals surface area contributed by atoms with Crippen LogP contribution in [0.25, 0.3) is 0 Å². The van der Waals surface area contributed by atoms with E-state index in [1.54, 1.807) is 0 Å². The van der Waals surface area contributed by atoms with E-state index in [-0.39, 0.29) is 11.9 Å². The molecular weight excluding hydrogens is 402 g/mol. The van der Waals surface area contributed by atoms with Crippen molar-refractivity contribution in [2.24, 2.45) is 69.5 Å². The lowest BCUT2D eigenvalue weighted by molar-refractivity contribution is -0.00823. The van der Waals surface area contributed by atoms with E-state index in [0.717, 1.165) is 53.3 Å². The molecule has 0 atom stereocenters. The molecule has 0 unspecified atom stereocenters. The van der Waals surface area contributed by atoms with Crippen molar-refractivity contribution in [3.63, 3.8) is 0 Å². The summed E-state index contributed by atoms with van der Waals surface area (Å²) in [6, 6.07) is 1.18. The molecule has 8 saturated carbocycles. The molecule has 8 fully saturated rings. The van der Waals surface area contributed by atoms with Crippen LogP contribution in [0.1, 0.15) is 64.2 Å². The van der Waals surface area contributed by atoms with Gasteiger partial charge in [-0.15, -0.1) is 0 Å². The molecule has 0 aromatic heterocycles. The summed E-state index contributed by atoms with van der Waals surface area (Å²) < 4.78 is 0. The minimum absolute atomic E-state index is 0.278. The van der Waals surface area contributed by atoms with Crippen LogP contribution in [0, 0.1) is 58.2 Å². The number of nitrogens with one attached hydrogen (secondary N) is 5. The molecule has 0 aromatic carbocycles. The third-order valence-corrected chi connectivity index (χ3v) is 9.34. The van der Waals surface area contributed by atoms with Gasteiger partial charge >= 0.3 is 0 Å². The van der Waals surface area contributed by atoms with E-state index in [0.29, 0.717) is 12.1 Å². The van der Waals surface area contributed by atoms with Gasteiger partial charge in [-0.3, -0.25) is 21.7 Å². The summed E-state index contributed by atoms with van der Waals surface area (Å²) in [6.07, 6.45) is 14.6. The first kappa shape index (κ1) is 21.6. The van der Waals surface area contributed by atoms with Gasteiger partial charge in [0, 0.05) is 6.04 Å². The van der Waals surface area contributed by atoms with E-state index >= 15 is 0 Å². The second kappa shape index (κ2) is 8.63. The van der Waals surface area contributed by atoms with Gasteiger partial charge in [-0.25, -0.2) is 4.99 Å². The van der Waals surface area contributed by atoms with Gasteiger partial charge in [0.2, 0.25) is 11.9 Å². The molecule has 32 heavy (non-hydrogen) atoms. The average molecular weight is 444 g/mol. The maximum absolute atomic E-state index is 6.54. The van der Waals surface area contributed by atoms with Gasteiger partial charge in [0.25, 0.3) is 0 Å². The molecule has 0 aliphatic heterocycles. The van der Waals surface area contributed by atoms with Gasteiger partial charge in [0.15, 0.2) is 5.96 Å². The van der Waals surface area contributed by atoms with E-state index in [9.17, 15) is 0 Å². The maximum Gasteiger partial charge on any atom is 0.204 e. The smallest absolute Gasteiger partial charge is 0.204 e. The van der Waals surface area contributed by atoms with Gasteiger partial charge in [0.1, 0.15) is 0 Å². The number of nitrogens with zero attached hydrogens (tertiary/aromatic N) is 1.